The van der Waals surface area contributed by atoms with Crippen LogP contribution in [0.25, 0.3) is 0 Å². The molecule has 0 saturated heterocycles. The molecular formula is C17H21N3O2. The van der Waals surface area contributed by atoms with Crippen LogP contribution in [0.1, 0.15) is 30.2 Å². The number of hydrogen-bond acceptors (Lipinski definition) is 3. The SMILES string of the molecule is CCCc1cc(=O)n(CC(=O)Nc2c(C)cccc2C)cn1. The van der Waals surface area contributed by atoms with E-state index in [1.54, 1.807) is 0 Å². The molecule has 0 aliphatic carbocycles. The summed E-state index contributed by atoms with van der Waals surface area (Å²) in [5, 5.41) is 2.87. The maximum atomic E-state index is 12.2. The fraction of sp³-hybridized carbons (Fsp3) is 0.353. The Bertz CT molecular complexity index is 715. The first kappa shape index (κ1) is 15.9. The highest BCUT2D eigenvalue weighted by Crippen LogP contribution is 2.19. The van der Waals surface area contributed by atoms with Crippen molar-refractivity contribution < 1.29 is 4.79 Å². The van der Waals surface area contributed by atoms with Crippen LogP contribution in [-0.4, -0.2) is 15.5 Å². The van der Waals surface area contributed by atoms with Gasteiger partial charge < -0.3 is 5.32 Å². The minimum Gasteiger partial charge on any atom is -0.324 e. The van der Waals surface area contributed by atoms with E-state index in [2.05, 4.69) is 10.3 Å². The number of hydrogen-bond donors (Lipinski definition) is 1. The first-order valence-corrected chi connectivity index (χ1v) is 7.42. The van der Waals surface area contributed by atoms with Gasteiger partial charge in [-0.15, -0.1) is 0 Å². The largest absolute Gasteiger partial charge is 0.324 e. The van der Waals surface area contributed by atoms with Crippen molar-refractivity contribution in [2.24, 2.45) is 0 Å². The Labute approximate surface area is 130 Å². The average Bonchev–Trinajstić information content (AvgIpc) is 2.46. The summed E-state index contributed by atoms with van der Waals surface area (Å²) in [5.41, 5.74) is 3.36. The van der Waals surface area contributed by atoms with E-state index in [0.29, 0.717) is 0 Å². The highest BCUT2D eigenvalue weighted by atomic mass is 16.2. The molecular weight excluding hydrogens is 278 g/mol. The molecule has 2 aromatic rings. The lowest BCUT2D eigenvalue weighted by Gasteiger charge is -2.12. The first-order chi connectivity index (χ1) is 10.5. The Kier molecular flexibility index (Phi) is 5.09. The summed E-state index contributed by atoms with van der Waals surface area (Å²) < 4.78 is 1.32. The minimum absolute atomic E-state index is 0.0357. The molecule has 0 spiro atoms. The van der Waals surface area contributed by atoms with E-state index in [1.807, 2.05) is 39.0 Å². The summed E-state index contributed by atoms with van der Waals surface area (Å²) in [6, 6.07) is 7.32. The van der Waals surface area contributed by atoms with Gasteiger partial charge in [-0.3, -0.25) is 14.2 Å². The zero-order valence-electron chi connectivity index (χ0n) is 13.2. The second-order valence-electron chi connectivity index (χ2n) is 5.41. The smallest absolute Gasteiger partial charge is 0.253 e. The molecule has 0 saturated carbocycles. The molecule has 5 nitrogen and oxygen atoms in total. The Morgan fingerprint density at radius 1 is 1.27 bits per heavy atom. The Morgan fingerprint density at radius 3 is 2.55 bits per heavy atom. The zero-order chi connectivity index (χ0) is 16.1. The average molecular weight is 299 g/mol. The molecule has 5 heteroatoms. The van der Waals surface area contributed by atoms with Gasteiger partial charge in [-0.2, -0.15) is 0 Å². The van der Waals surface area contributed by atoms with Crippen molar-refractivity contribution in [3.63, 3.8) is 0 Å². The standard InChI is InChI=1S/C17H21N3O2/c1-4-6-14-9-16(22)20(11-18-14)10-15(21)19-17-12(2)7-5-8-13(17)3/h5,7-9,11H,4,6,10H2,1-3H3,(H,19,21). The van der Waals surface area contributed by atoms with Crippen LogP contribution >= 0.6 is 0 Å². The van der Waals surface area contributed by atoms with Gasteiger partial charge in [0.1, 0.15) is 6.54 Å². The summed E-state index contributed by atoms with van der Waals surface area (Å²) in [5.74, 6) is -0.232. The lowest BCUT2D eigenvalue weighted by atomic mass is 10.1. The maximum absolute atomic E-state index is 12.2. The van der Waals surface area contributed by atoms with Crippen LogP contribution in [0.15, 0.2) is 35.4 Å². The van der Waals surface area contributed by atoms with Crippen molar-refractivity contribution in [2.45, 2.75) is 40.2 Å². The third-order valence-corrected chi connectivity index (χ3v) is 3.50. The van der Waals surface area contributed by atoms with Crippen molar-refractivity contribution in [3.8, 4) is 0 Å². The molecule has 0 bridgehead atoms. The monoisotopic (exact) mass is 299 g/mol. The van der Waals surface area contributed by atoms with Crippen LogP contribution in [0.4, 0.5) is 5.69 Å². The third-order valence-electron chi connectivity index (χ3n) is 3.50. The molecule has 2 rings (SSSR count). The van der Waals surface area contributed by atoms with Crippen molar-refractivity contribution in [3.05, 3.63) is 57.8 Å². The number of aryl methyl sites for hydroxylation is 3. The molecule has 0 fully saturated rings. The number of benzene rings is 1. The number of rotatable bonds is 5. The Balaban J connectivity index is 2.11. The number of nitrogens with one attached hydrogen (secondary N) is 1. The molecule has 1 heterocycles. The van der Waals surface area contributed by atoms with Gasteiger partial charge in [-0.1, -0.05) is 31.5 Å². The number of anilines is 1. The molecule has 0 radical (unpaired) electrons. The first-order valence-electron chi connectivity index (χ1n) is 7.42. The number of para-hydroxylation sites is 1. The van der Waals surface area contributed by atoms with Crippen molar-refractivity contribution in [1.82, 2.24) is 9.55 Å². The molecule has 1 aromatic heterocycles. The van der Waals surface area contributed by atoms with Gasteiger partial charge in [0, 0.05) is 17.4 Å². The van der Waals surface area contributed by atoms with Crippen LogP contribution in [0.5, 0.6) is 0 Å². The van der Waals surface area contributed by atoms with Gasteiger partial charge in [0.2, 0.25) is 5.91 Å². The van der Waals surface area contributed by atoms with Crippen LogP contribution in [0.3, 0.4) is 0 Å². The summed E-state index contributed by atoms with van der Waals surface area (Å²) >= 11 is 0. The highest BCUT2D eigenvalue weighted by Gasteiger charge is 2.09. The molecule has 0 atom stereocenters. The van der Waals surface area contributed by atoms with Crippen LogP contribution in [0, 0.1) is 13.8 Å². The number of carbonyl (C=O) groups is 1. The van der Waals surface area contributed by atoms with Gasteiger partial charge >= 0.3 is 0 Å². The molecule has 0 aliphatic rings. The van der Waals surface area contributed by atoms with E-state index in [9.17, 15) is 9.59 Å². The van der Waals surface area contributed by atoms with Crippen molar-refractivity contribution in [2.75, 3.05) is 5.32 Å². The van der Waals surface area contributed by atoms with E-state index in [1.165, 1.54) is 17.0 Å². The molecule has 1 amide bonds. The molecule has 116 valence electrons. The third kappa shape index (κ3) is 3.81. The normalized spacial score (nSPS) is 10.5. The van der Waals surface area contributed by atoms with Gasteiger partial charge in [0.05, 0.1) is 6.33 Å². The fourth-order valence-electron chi connectivity index (χ4n) is 2.32. The van der Waals surface area contributed by atoms with Crippen molar-refractivity contribution in [1.29, 1.82) is 0 Å². The summed E-state index contributed by atoms with van der Waals surface area (Å²) in [4.78, 5) is 28.3. The Hall–Kier alpha value is -2.43. The lowest BCUT2D eigenvalue weighted by molar-refractivity contribution is -0.116. The van der Waals surface area contributed by atoms with Crippen molar-refractivity contribution >= 4 is 11.6 Å². The second-order valence-corrected chi connectivity index (χ2v) is 5.41. The van der Waals surface area contributed by atoms with E-state index >= 15 is 0 Å². The van der Waals surface area contributed by atoms with Gasteiger partial charge in [0.25, 0.3) is 5.56 Å². The molecule has 0 aliphatic heterocycles. The molecule has 1 N–H and O–H groups in total. The quantitative estimate of drug-likeness (QED) is 0.922. The topological polar surface area (TPSA) is 64.0 Å². The van der Waals surface area contributed by atoms with Gasteiger partial charge in [0.15, 0.2) is 0 Å². The summed E-state index contributed by atoms with van der Waals surface area (Å²) in [6.07, 6.45) is 3.14. The molecule has 22 heavy (non-hydrogen) atoms. The second kappa shape index (κ2) is 7.02. The van der Waals surface area contributed by atoms with Gasteiger partial charge in [-0.25, -0.2) is 4.98 Å². The van der Waals surface area contributed by atoms with Crippen LogP contribution < -0.4 is 10.9 Å². The summed E-state index contributed by atoms with van der Waals surface area (Å²) in [6.45, 7) is 5.88. The Morgan fingerprint density at radius 2 is 1.95 bits per heavy atom. The number of nitrogens with zero attached hydrogens (tertiary/aromatic N) is 2. The predicted molar refractivity (Wildman–Crippen MR) is 87.0 cm³/mol. The number of carbonyl (C=O) groups excluding carboxylic acids is 1. The zero-order valence-corrected chi connectivity index (χ0v) is 13.2. The highest BCUT2D eigenvalue weighted by molar-refractivity contribution is 5.92. The molecule has 1 aromatic carbocycles. The molecule has 0 unspecified atom stereocenters. The van der Waals surface area contributed by atoms with Gasteiger partial charge in [-0.05, 0) is 31.4 Å². The maximum Gasteiger partial charge on any atom is 0.253 e. The van der Waals surface area contributed by atoms with Crippen LogP contribution in [0.2, 0.25) is 0 Å². The lowest BCUT2D eigenvalue weighted by Crippen LogP contribution is -2.28. The fourth-order valence-corrected chi connectivity index (χ4v) is 2.32. The minimum atomic E-state index is -0.232. The predicted octanol–water partition coefficient (Wildman–Crippen LogP) is 2.45. The van der Waals surface area contributed by atoms with E-state index in [0.717, 1.165) is 35.3 Å². The van der Waals surface area contributed by atoms with E-state index < -0.39 is 0 Å². The van der Waals surface area contributed by atoms with E-state index in [-0.39, 0.29) is 18.0 Å². The number of amides is 1. The van der Waals surface area contributed by atoms with E-state index in [4.69, 9.17) is 0 Å². The summed E-state index contributed by atoms with van der Waals surface area (Å²) in [7, 11) is 0. The van der Waals surface area contributed by atoms with Crippen LogP contribution in [-0.2, 0) is 17.8 Å². The number of aromatic nitrogens is 2.